The highest BCUT2D eigenvalue weighted by Gasteiger charge is 2.54. The number of hydrogen-bond donors (Lipinski definition) is 0. The molecule has 0 aromatic heterocycles. The average Bonchev–Trinajstić information content (AvgIpc) is 3.18. The summed E-state index contributed by atoms with van der Waals surface area (Å²) in [4.78, 5) is 18.1. The van der Waals surface area contributed by atoms with E-state index in [0.717, 1.165) is 57.6 Å². The van der Waals surface area contributed by atoms with Gasteiger partial charge in [0.1, 0.15) is 0 Å². The number of rotatable bonds is 5. The number of likely N-dealkylation sites (tertiary alicyclic amines) is 2. The van der Waals surface area contributed by atoms with Crippen LogP contribution in [0.25, 0.3) is 0 Å². The van der Waals surface area contributed by atoms with Crippen molar-refractivity contribution in [2.45, 2.75) is 45.2 Å². The zero-order chi connectivity index (χ0) is 25.2. The first kappa shape index (κ1) is 24.1. The first-order valence-electron chi connectivity index (χ1n) is 13.7. The van der Waals surface area contributed by atoms with Gasteiger partial charge in [-0.25, -0.2) is 0 Å². The minimum Gasteiger partial charge on any atom is -0.490 e. The van der Waals surface area contributed by atoms with Gasteiger partial charge in [-0.05, 0) is 54.2 Å². The van der Waals surface area contributed by atoms with Crippen molar-refractivity contribution in [3.63, 3.8) is 0 Å². The third kappa shape index (κ3) is 4.61. The molecule has 0 saturated carbocycles. The molecule has 37 heavy (non-hydrogen) atoms. The van der Waals surface area contributed by atoms with Gasteiger partial charge >= 0.3 is 0 Å². The van der Waals surface area contributed by atoms with E-state index < -0.39 is 0 Å². The summed E-state index contributed by atoms with van der Waals surface area (Å²) >= 11 is 0. The minimum atomic E-state index is 0.0924. The fraction of sp³-hybridized carbons (Fsp3) is 0.406. The largest absolute Gasteiger partial charge is 0.490 e. The van der Waals surface area contributed by atoms with Crippen LogP contribution >= 0.6 is 0 Å². The molecule has 2 saturated heterocycles. The lowest BCUT2D eigenvalue weighted by Gasteiger charge is -2.61. The molecule has 192 valence electrons. The van der Waals surface area contributed by atoms with Crippen LogP contribution in [0.4, 0.5) is 0 Å². The number of benzene rings is 3. The van der Waals surface area contributed by atoms with Gasteiger partial charge in [-0.1, -0.05) is 61.5 Å². The van der Waals surface area contributed by atoms with Crippen molar-refractivity contribution < 1.29 is 14.3 Å². The van der Waals surface area contributed by atoms with Crippen molar-refractivity contribution in [3.05, 3.63) is 95.1 Å². The average molecular weight is 497 g/mol. The summed E-state index contributed by atoms with van der Waals surface area (Å²) in [6.45, 7) is 7.14. The van der Waals surface area contributed by atoms with Gasteiger partial charge in [0.05, 0.1) is 13.2 Å². The molecular formula is C32H36N2O3. The molecule has 3 aliphatic heterocycles. The number of carbonyl (C=O) groups is 1. The maximum Gasteiger partial charge on any atom is 0.253 e. The lowest BCUT2D eigenvalue weighted by Crippen LogP contribution is -2.62. The van der Waals surface area contributed by atoms with Gasteiger partial charge in [0.25, 0.3) is 5.91 Å². The van der Waals surface area contributed by atoms with Gasteiger partial charge in [0.2, 0.25) is 0 Å². The Balaban J connectivity index is 1.18. The molecule has 3 aromatic rings. The van der Waals surface area contributed by atoms with Crippen molar-refractivity contribution in [3.8, 4) is 11.5 Å². The number of fused-ring (bicyclic) bond motifs is 1. The van der Waals surface area contributed by atoms with Gasteiger partial charge in [0, 0.05) is 49.6 Å². The van der Waals surface area contributed by atoms with E-state index in [1.165, 1.54) is 16.7 Å². The molecule has 6 rings (SSSR count). The minimum absolute atomic E-state index is 0.0924. The second-order valence-corrected chi connectivity index (χ2v) is 10.7. The summed E-state index contributed by atoms with van der Waals surface area (Å²) in [6.07, 6.45) is 3.96. The van der Waals surface area contributed by atoms with E-state index in [-0.39, 0.29) is 11.3 Å². The van der Waals surface area contributed by atoms with Crippen LogP contribution in [-0.4, -0.2) is 48.6 Å². The molecule has 2 fully saturated rings. The summed E-state index contributed by atoms with van der Waals surface area (Å²) in [7, 11) is 0. The normalized spacial score (nSPS) is 20.8. The standard InChI is InChI=1S/C32H36N2O3/c1-2-24-9-6-7-12-27(24)22-34-23-32(30(34)25-10-4-3-5-11-25)15-17-33(18-16-32)31(35)26-13-14-28-29(21-26)37-20-8-19-36-28/h3-7,9-14,21,30H,2,8,15-20,22-23H2,1H3. The summed E-state index contributed by atoms with van der Waals surface area (Å²) in [5.41, 5.74) is 5.16. The van der Waals surface area contributed by atoms with E-state index in [9.17, 15) is 4.79 Å². The lowest BCUT2D eigenvalue weighted by molar-refractivity contribution is -0.113. The van der Waals surface area contributed by atoms with E-state index in [1.54, 1.807) is 0 Å². The molecule has 1 unspecified atom stereocenters. The quantitative estimate of drug-likeness (QED) is 0.442. The Morgan fingerprint density at radius 2 is 1.59 bits per heavy atom. The number of carbonyl (C=O) groups excluding carboxylic acids is 1. The predicted molar refractivity (Wildman–Crippen MR) is 145 cm³/mol. The monoisotopic (exact) mass is 496 g/mol. The van der Waals surface area contributed by atoms with Crippen LogP contribution in [0.1, 0.15) is 59.3 Å². The molecule has 0 N–H and O–H groups in total. The van der Waals surface area contributed by atoms with Crippen LogP contribution in [0.5, 0.6) is 11.5 Å². The Bertz CT molecular complexity index is 1250. The highest BCUT2D eigenvalue weighted by molar-refractivity contribution is 5.95. The van der Waals surface area contributed by atoms with Crippen LogP contribution in [0.3, 0.4) is 0 Å². The van der Waals surface area contributed by atoms with Crippen LogP contribution in [0, 0.1) is 5.41 Å². The molecule has 5 nitrogen and oxygen atoms in total. The number of amides is 1. The number of ether oxygens (including phenoxy) is 2. The number of aryl methyl sites for hydroxylation is 1. The fourth-order valence-electron chi connectivity index (χ4n) is 6.55. The summed E-state index contributed by atoms with van der Waals surface area (Å²) < 4.78 is 11.6. The molecule has 1 amide bonds. The third-order valence-electron chi connectivity index (χ3n) is 8.49. The van der Waals surface area contributed by atoms with Crippen LogP contribution in [0.15, 0.2) is 72.8 Å². The number of nitrogens with zero attached hydrogens (tertiary/aromatic N) is 2. The molecule has 1 spiro atoms. The van der Waals surface area contributed by atoms with Crippen molar-refractivity contribution in [2.24, 2.45) is 5.41 Å². The molecule has 0 bridgehead atoms. The van der Waals surface area contributed by atoms with E-state index in [0.29, 0.717) is 30.6 Å². The van der Waals surface area contributed by atoms with Gasteiger partial charge in [-0.15, -0.1) is 0 Å². The molecule has 0 aliphatic carbocycles. The van der Waals surface area contributed by atoms with Crippen molar-refractivity contribution in [1.82, 2.24) is 9.80 Å². The fourth-order valence-corrected chi connectivity index (χ4v) is 6.55. The zero-order valence-electron chi connectivity index (χ0n) is 21.7. The maximum absolute atomic E-state index is 13.4. The first-order valence-corrected chi connectivity index (χ1v) is 13.7. The Hall–Kier alpha value is -3.31. The molecular weight excluding hydrogens is 460 g/mol. The summed E-state index contributed by atoms with van der Waals surface area (Å²) in [6, 6.07) is 25.8. The molecule has 3 heterocycles. The molecule has 5 heteroatoms. The number of piperidine rings is 1. The Morgan fingerprint density at radius 3 is 2.35 bits per heavy atom. The maximum atomic E-state index is 13.4. The van der Waals surface area contributed by atoms with Crippen molar-refractivity contribution in [2.75, 3.05) is 32.8 Å². The van der Waals surface area contributed by atoms with E-state index in [1.807, 2.05) is 23.1 Å². The Kier molecular flexibility index (Phi) is 6.64. The lowest BCUT2D eigenvalue weighted by atomic mass is 9.63. The molecule has 3 aliphatic rings. The predicted octanol–water partition coefficient (Wildman–Crippen LogP) is 5.89. The highest BCUT2D eigenvalue weighted by Crippen LogP contribution is 2.55. The van der Waals surface area contributed by atoms with Crippen molar-refractivity contribution in [1.29, 1.82) is 0 Å². The summed E-state index contributed by atoms with van der Waals surface area (Å²) in [5.74, 6) is 1.51. The zero-order valence-corrected chi connectivity index (χ0v) is 21.7. The Labute approximate surface area is 220 Å². The second kappa shape index (κ2) is 10.2. The SMILES string of the molecule is CCc1ccccc1CN1CC2(CCN(C(=O)c3ccc4c(c3)OCCCO4)CC2)C1c1ccccc1. The smallest absolute Gasteiger partial charge is 0.253 e. The molecule has 3 aromatic carbocycles. The van der Waals surface area contributed by atoms with Gasteiger partial charge in [0.15, 0.2) is 11.5 Å². The van der Waals surface area contributed by atoms with Crippen LogP contribution < -0.4 is 9.47 Å². The second-order valence-electron chi connectivity index (χ2n) is 10.7. The number of hydrogen-bond acceptors (Lipinski definition) is 4. The van der Waals surface area contributed by atoms with Gasteiger partial charge < -0.3 is 14.4 Å². The van der Waals surface area contributed by atoms with Crippen LogP contribution in [0.2, 0.25) is 0 Å². The highest BCUT2D eigenvalue weighted by atomic mass is 16.5. The topological polar surface area (TPSA) is 42.0 Å². The molecule has 0 radical (unpaired) electrons. The summed E-state index contributed by atoms with van der Waals surface area (Å²) in [5, 5.41) is 0. The molecule has 1 atom stereocenters. The van der Waals surface area contributed by atoms with E-state index in [2.05, 4.69) is 66.4 Å². The van der Waals surface area contributed by atoms with Crippen LogP contribution in [-0.2, 0) is 13.0 Å². The first-order chi connectivity index (χ1) is 18.2. The van der Waals surface area contributed by atoms with Gasteiger partial charge in [-0.3, -0.25) is 9.69 Å². The third-order valence-corrected chi connectivity index (χ3v) is 8.49. The van der Waals surface area contributed by atoms with E-state index >= 15 is 0 Å². The van der Waals surface area contributed by atoms with Crippen molar-refractivity contribution >= 4 is 5.91 Å². The Morgan fingerprint density at radius 1 is 0.892 bits per heavy atom. The van der Waals surface area contributed by atoms with Gasteiger partial charge in [-0.2, -0.15) is 0 Å². The van der Waals surface area contributed by atoms with E-state index in [4.69, 9.17) is 9.47 Å².